The summed E-state index contributed by atoms with van der Waals surface area (Å²) < 4.78 is 0. The fraction of sp³-hybridized carbons (Fsp3) is 0.500. The van der Waals surface area contributed by atoms with Crippen LogP contribution >= 0.6 is 12.4 Å². The Kier molecular flexibility index (Phi) is 6.36. The van der Waals surface area contributed by atoms with E-state index in [9.17, 15) is 4.79 Å². The number of amides is 1. The molecule has 0 saturated carbocycles. The van der Waals surface area contributed by atoms with Crippen LogP contribution in [0.25, 0.3) is 0 Å². The van der Waals surface area contributed by atoms with Gasteiger partial charge >= 0.3 is 0 Å². The summed E-state index contributed by atoms with van der Waals surface area (Å²) in [5.74, 6) is -0.0384. The molecule has 0 bridgehead atoms. The summed E-state index contributed by atoms with van der Waals surface area (Å²) in [6, 6.07) is 7.84. The molecule has 1 amide bonds. The van der Waals surface area contributed by atoms with Crippen molar-refractivity contribution in [2.45, 2.75) is 45.6 Å². The summed E-state index contributed by atoms with van der Waals surface area (Å²) >= 11 is 0. The van der Waals surface area contributed by atoms with Gasteiger partial charge in [0.05, 0.1) is 0 Å². The highest BCUT2D eigenvalue weighted by molar-refractivity contribution is 5.91. The summed E-state index contributed by atoms with van der Waals surface area (Å²) in [5.41, 5.74) is 7.78. The van der Waals surface area contributed by atoms with E-state index in [4.69, 9.17) is 5.73 Å². The zero-order valence-corrected chi connectivity index (χ0v) is 12.3. The molecule has 0 heterocycles. The summed E-state index contributed by atoms with van der Waals surface area (Å²) in [6.07, 6.45) is 0.348. The molecule has 1 aromatic rings. The van der Waals surface area contributed by atoms with Crippen LogP contribution in [0.5, 0.6) is 0 Å². The SMILES string of the molecule is CC(N)CC(=O)Nc1ccc(C(C)(C)C)cc1.Cl. The summed E-state index contributed by atoms with van der Waals surface area (Å²) in [7, 11) is 0. The van der Waals surface area contributed by atoms with Gasteiger partial charge in [-0.25, -0.2) is 0 Å². The lowest BCUT2D eigenvalue weighted by Gasteiger charge is -2.19. The number of rotatable bonds is 3. The Morgan fingerprint density at radius 1 is 1.28 bits per heavy atom. The van der Waals surface area contributed by atoms with Crippen molar-refractivity contribution in [2.75, 3.05) is 5.32 Å². The van der Waals surface area contributed by atoms with Gasteiger partial charge in [0.1, 0.15) is 0 Å². The largest absolute Gasteiger partial charge is 0.327 e. The van der Waals surface area contributed by atoms with Crippen LogP contribution in [0, 0.1) is 0 Å². The van der Waals surface area contributed by atoms with E-state index in [1.807, 2.05) is 31.2 Å². The monoisotopic (exact) mass is 270 g/mol. The van der Waals surface area contributed by atoms with E-state index < -0.39 is 0 Å². The minimum Gasteiger partial charge on any atom is -0.327 e. The molecule has 3 nitrogen and oxygen atoms in total. The molecule has 0 aliphatic heterocycles. The van der Waals surface area contributed by atoms with Gasteiger partial charge in [0.25, 0.3) is 0 Å². The van der Waals surface area contributed by atoms with Crippen molar-refractivity contribution < 1.29 is 4.79 Å². The standard InChI is InChI=1S/C14H22N2O.ClH/c1-10(15)9-13(17)16-12-7-5-11(6-8-12)14(2,3)4;/h5-8,10H,9,15H2,1-4H3,(H,16,17);1H. The average molecular weight is 271 g/mol. The molecule has 0 aliphatic carbocycles. The molecule has 3 N–H and O–H groups in total. The van der Waals surface area contributed by atoms with Gasteiger partial charge in [-0.1, -0.05) is 32.9 Å². The smallest absolute Gasteiger partial charge is 0.225 e. The molecule has 1 rings (SSSR count). The maximum atomic E-state index is 11.5. The van der Waals surface area contributed by atoms with E-state index in [1.165, 1.54) is 5.56 Å². The van der Waals surface area contributed by atoms with Gasteiger partial charge in [-0.2, -0.15) is 0 Å². The molecule has 0 radical (unpaired) electrons. The molecular formula is C14H23ClN2O. The summed E-state index contributed by atoms with van der Waals surface area (Å²) in [4.78, 5) is 11.5. The van der Waals surface area contributed by atoms with Crippen LogP contribution in [-0.4, -0.2) is 11.9 Å². The molecule has 18 heavy (non-hydrogen) atoms. The number of hydrogen-bond acceptors (Lipinski definition) is 2. The molecule has 0 saturated heterocycles. The van der Waals surface area contributed by atoms with Gasteiger partial charge in [-0.05, 0) is 30.0 Å². The third-order valence-corrected chi connectivity index (χ3v) is 2.54. The average Bonchev–Trinajstić information content (AvgIpc) is 2.15. The van der Waals surface area contributed by atoms with Gasteiger partial charge in [0.15, 0.2) is 0 Å². The van der Waals surface area contributed by atoms with Gasteiger partial charge in [-0.3, -0.25) is 4.79 Å². The molecular weight excluding hydrogens is 248 g/mol. The fourth-order valence-corrected chi connectivity index (χ4v) is 1.56. The molecule has 0 aromatic heterocycles. The zero-order valence-electron chi connectivity index (χ0n) is 11.5. The molecule has 0 aliphatic rings. The first-order chi connectivity index (χ1) is 7.79. The topological polar surface area (TPSA) is 55.1 Å². The predicted molar refractivity (Wildman–Crippen MR) is 79.3 cm³/mol. The Labute approximate surface area is 116 Å². The van der Waals surface area contributed by atoms with Crippen LogP contribution in [0.4, 0.5) is 5.69 Å². The van der Waals surface area contributed by atoms with Crippen molar-refractivity contribution in [3.63, 3.8) is 0 Å². The number of nitrogens with one attached hydrogen (secondary N) is 1. The van der Waals surface area contributed by atoms with Gasteiger partial charge < -0.3 is 11.1 Å². The van der Waals surface area contributed by atoms with Crippen molar-refractivity contribution in [2.24, 2.45) is 5.73 Å². The summed E-state index contributed by atoms with van der Waals surface area (Å²) in [6.45, 7) is 8.31. The number of anilines is 1. The van der Waals surface area contributed by atoms with E-state index in [0.29, 0.717) is 6.42 Å². The van der Waals surface area contributed by atoms with Crippen molar-refractivity contribution in [1.29, 1.82) is 0 Å². The zero-order chi connectivity index (χ0) is 13.1. The van der Waals surface area contributed by atoms with Crippen LogP contribution in [0.3, 0.4) is 0 Å². The van der Waals surface area contributed by atoms with Crippen molar-refractivity contribution >= 4 is 24.0 Å². The number of carbonyl (C=O) groups excluding carboxylic acids is 1. The van der Waals surface area contributed by atoms with Gasteiger partial charge in [0, 0.05) is 18.2 Å². The van der Waals surface area contributed by atoms with Gasteiger partial charge in [0.2, 0.25) is 5.91 Å². The Bertz CT molecular complexity index is 380. The van der Waals surface area contributed by atoms with E-state index in [0.717, 1.165) is 5.69 Å². The number of nitrogens with two attached hydrogens (primary N) is 1. The highest BCUT2D eigenvalue weighted by Crippen LogP contribution is 2.23. The first-order valence-corrected chi connectivity index (χ1v) is 5.95. The van der Waals surface area contributed by atoms with E-state index >= 15 is 0 Å². The molecule has 4 heteroatoms. The van der Waals surface area contributed by atoms with Crippen LogP contribution in [0.2, 0.25) is 0 Å². The number of halogens is 1. The Hall–Kier alpha value is -1.06. The molecule has 0 fully saturated rings. The first-order valence-electron chi connectivity index (χ1n) is 5.95. The highest BCUT2D eigenvalue weighted by atomic mass is 35.5. The first kappa shape index (κ1) is 16.9. The minimum absolute atomic E-state index is 0. The second-order valence-electron chi connectivity index (χ2n) is 5.56. The molecule has 1 aromatic carbocycles. The van der Waals surface area contributed by atoms with E-state index in [1.54, 1.807) is 0 Å². The molecule has 1 atom stereocenters. The van der Waals surface area contributed by atoms with Crippen LogP contribution in [0.1, 0.15) is 39.7 Å². The lowest BCUT2D eigenvalue weighted by molar-refractivity contribution is -0.116. The third-order valence-electron chi connectivity index (χ3n) is 2.54. The Morgan fingerprint density at radius 3 is 2.17 bits per heavy atom. The Balaban J connectivity index is 0.00000289. The Morgan fingerprint density at radius 2 is 1.78 bits per heavy atom. The highest BCUT2D eigenvalue weighted by Gasteiger charge is 2.13. The number of hydrogen-bond donors (Lipinski definition) is 2. The normalized spacial score (nSPS) is 12.5. The van der Waals surface area contributed by atoms with Crippen molar-refractivity contribution in [3.05, 3.63) is 29.8 Å². The van der Waals surface area contributed by atoms with Crippen molar-refractivity contribution in [3.8, 4) is 0 Å². The second-order valence-corrected chi connectivity index (χ2v) is 5.56. The fourth-order valence-electron chi connectivity index (χ4n) is 1.56. The third kappa shape index (κ3) is 5.52. The van der Waals surface area contributed by atoms with Crippen LogP contribution in [-0.2, 0) is 10.2 Å². The quantitative estimate of drug-likeness (QED) is 0.887. The van der Waals surface area contributed by atoms with Crippen LogP contribution < -0.4 is 11.1 Å². The molecule has 102 valence electrons. The summed E-state index contributed by atoms with van der Waals surface area (Å²) in [5, 5.41) is 2.83. The predicted octanol–water partition coefficient (Wildman–Crippen LogP) is 3.08. The maximum absolute atomic E-state index is 11.5. The van der Waals surface area contributed by atoms with E-state index in [-0.39, 0.29) is 29.8 Å². The van der Waals surface area contributed by atoms with E-state index in [2.05, 4.69) is 26.1 Å². The lowest BCUT2D eigenvalue weighted by atomic mass is 9.87. The maximum Gasteiger partial charge on any atom is 0.225 e. The molecule has 0 spiro atoms. The number of benzene rings is 1. The minimum atomic E-state index is -0.108. The van der Waals surface area contributed by atoms with Crippen molar-refractivity contribution in [1.82, 2.24) is 0 Å². The lowest BCUT2D eigenvalue weighted by Crippen LogP contribution is -2.24. The number of carbonyl (C=O) groups is 1. The van der Waals surface area contributed by atoms with Crippen LogP contribution in [0.15, 0.2) is 24.3 Å². The second kappa shape index (κ2) is 6.76. The molecule has 1 unspecified atom stereocenters. The van der Waals surface area contributed by atoms with Gasteiger partial charge in [-0.15, -0.1) is 12.4 Å².